The van der Waals surface area contributed by atoms with Crippen LogP contribution in [-0.4, -0.2) is 48.8 Å². The molecule has 0 aromatic heterocycles. The SMILES string of the molecule is CCN=CC(C=N)=C(N)c1cc(C(=N)OC(=N)C2CCCN(Cc3cc(F)c(Cl)cc3Cl)C2)ccc1N. The molecule has 2 aromatic rings. The van der Waals surface area contributed by atoms with Crippen molar-refractivity contribution in [3.05, 3.63) is 68.5 Å². The van der Waals surface area contributed by atoms with Crippen molar-refractivity contribution in [2.75, 3.05) is 25.4 Å². The van der Waals surface area contributed by atoms with Crippen LogP contribution < -0.4 is 11.5 Å². The molecule has 7 N–H and O–H groups in total. The van der Waals surface area contributed by atoms with Gasteiger partial charge in [-0.05, 0) is 62.2 Å². The Bertz CT molecular complexity index is 1260. The van der Waals surface area contributed by atoms with Gasteiger partial charge in [-0.1, -0.05) is 23.2 Å². The lowest BCUT2D eigenvalue weighted by Gasteiger charge is -2.32. The topological polar surface area (TPSA) is 148 Å². The van der Waals surface area contributed by atoms with E-state index in [1.165, 1.54) is 18.3 Å². The van der Waals surface area contributed by atoms with Gasteiger partial charge >= 0.3 is 0 Å². The number of aliphatic imine (C=N–C) groups is 1. The molecule has 1 fully saturated rings. The first kappa shape index (κ1) is 28.3. The van der Waals surface area contributed by atoms with Gasteiger partial charge in [0.1, 0.15) is 5.82 Å². The Morgan fingerprint density at radius 2 is 2.00 bits per heavy atom. The van der Waals surface area contributed by atoms with Gasteiger partial charge in [0.05, 0.1) is 10.7 Å². The number of hydrogen-bond acceptors (Lipinski definition) is 8. The fourth-order valence-corrected chi connectivity index (χ4v) is 4.49. The summed E-state index contributed by atoms with van der Waals surface area (Å²) in [5.41, 5.74) is 14.9. The Morgan fingerprint density at radius 3 is 2.70 bits per heavy atom. The number of benzene rings is 2. The van der Waals surface area contributed by atoms with Crippen molar-refractivity contribution in [1.29, 1.82) is 16.2 Å². The third-order valence-corrected chi connectivity index (χ3v) is 6.70. The van der Waals surface area contributed by atoms with Crippen molar-refractivity contribution in [3.8, 4) is 0 Å². The second kappa shape index (κ2) is 12.8. The monoisotopic (exact) mass is 545 g/mol. The number of hydrogen-bond donors (Lipinski definition) is 5. The molecular formula is C26H30Cl2FN7O. The molecule has 1 heterocycles. The first-order chi connectivity index (χ1) is 17.6. The van der Waals surface area contributed by atoms with Crippen LogP contribution in [0.1, 0.15) is 36.5 Å². The maximum Gasteiger partial charge on any atom is 0.220 e. The summed E-state index contributed by atoms with van der Waals surface area (Å²) in [6, 6.07) is 7.56. The van der Waals surface area contributed by atoms with Crippen LogP contribution in [0.5, 0.6) is 0 Å². The van der Waals surface area contributed by atoms with Gasteiger partial charge in [-0.3, -0.25) is 20.7 Å². The lowest BCUT2D eigenvalue weighted by Crippen LogP contribution is -2.39. The number of rotatable bonds is 8. The Morgan fingerprint density at radius 1 is 1.24 bits per heavy atom. The highest BCUT2D eigenvalue weighted by molar-refractivity contribution is 6.35. The Hall–Kier alpha value is -3.27. The van der Waals surface area contributed by atoms with E-state index in [9.17, 15) is 4.39 Å². The van der Waals surface area contributed by atoms with Crippen LogP contribution in [0.4, 0.5) is 10.1 Å². The van der Waals surface area contributed by atoms with Gasteiger partial charge < -0.3 is 21.6 Å². The summed E-state index contributed by atoms with van der Waals surface area (Å²) in [6.45, 7) is 4.11. The summed E-state index contributed by atoms with van der Waals surface area (Å²) in [4.78, 5) is 6.20. The summed E-state index contributed by atoms with van der Waals surface area (Å²) in [7, 11) is 0. The quantitative estimate of drug-likeness (QED) is 0.131. The molecular weight excluding hydrogens is 516 g/mol. The molecule has 0 aliphatic carbocycles. The molecule has 1 unspecified atom stereocenters. The molecule has 0 saturated carbocycles. The smallest absolute Gasteiger partial charge is 0.220 e. The molecule has 1 atom stereocenters. The standard InChI is InChI=1S/C26H30Cl2FN7O/c1-2-35-12-18(11-30)24(32)19-8-15(5-6-23(19)31)25(33)37-26(34)16-4-3-7-36(13-16)14-17-9-22(29)21(28)10-20(17)27/h5-6,8-12,16,30,33-34H,2-4,7,13-14,31-32H2,1H3. The molecule has 0 amide bonds. The van der Waals surface area contributed by atoms with Gasteiger partial charge in [0.25, 0.3) is 0 Å². The highest BCUT2D eigenvalue weighted by Crippen LogP contribution is 2.28. The zero-order valence-electron chi connectivity index (χ0n) is 20.5. The van der Waals surface area contributed by atoms with Gasteiger partial charge in [0.15, 0.2) is 5.90 Å². The summed E-state index contributed by atoms with van der Waals surface area (Å²) < 4.78 is 19.5. The van der Waals surface area contributed by atoms with Crippen molar-refractivity contribution < 1.29 is 9.13 Å². The van der Waals surface area contributed by atoms with E-state index in [0.717, 1.165) is 25.6 Å². The molecule has 196 valence electrons. The van der Waals surface area contributed by atoms with Crippen LogP contribution in [0.3, 0.4) is 0 Å². The van der Waals surface area contributed by atoms with Crippen molar-refractivity contribution in [2.24, 2.45) is 16.6 Å². The van der Waals surface area contributed by atoms with E-state index in [-0.39, 0.29) is 28.4 Å². The normalized spacial score (nSPS) is 16.9. The van der Waals surface area contributed by atoms with E-state index in [1.54, 1.807) is 18.2 Å². The molecule has 1 aliphatic heterocycles. The van der Waals surface area contributed by atoms with Crippen molar-refractivity contribution >= 4 is 58.8 Å². The first-order valence-corrected chi connectivity index (χ1v) is 12.5. The van der Waals surface area contributed by atoms with Gasteiger partial charge in [-0.15, -0.1) is 0 Å². The van der Waals surface area contributed by atoms with Crippen molar-refractivity contribution in [1.82, 2.24) is 4.90 Å². The minimum absolute atomic E-state index is 0.0230. The maximum absolute atomic E-state index is 13.9. The fraction of sp³-hybridized carbons (Fsp3) is 0.308. The molecule has 2 aromatic carbocycles. The molecule has 8 nitrogen and oxygen atoms in total. The van der Waals surface area contributed by atoms with Gasteiger partial charge in [0, 0.05) is 65.4 Å². The van der Waals surface area contributed by atoms with Crippen LogP contribution >= 0.6 is 23.2 Å². The average Bonchev–Trinajstić information content (AvgIpc) is 2.88. The van der Waals surface area contributed by atoms with E-state index in [1.807, 2.05) is 6.92 Å². The predicted molar refractivity (Wildman–Crippen MR) is 150 cm³/mol. The maximum atomic E-state index is 13.9. The second-order valence-corrected chi connectivity index (χ2v) is 9.49. The van der Waals surface area contributed by atoms with E-state index in [0.29, 0.717) is 52.6 Å². The summed E-state index contributed by atoms with van der Waals surface area (Å²) >= 11 is 12.0. The first-order valence-electron chi connectivity index (χ1n) is 11.8. The Balaban J connectivity index is 1.71. The molecule has 1 aliphatic rings. The fourth-order valence-electron chi connectivity index (χ4n) is 4.05. The van der Waals surface area contributed by atoms with E-state index in [4.69, 9.17) is 55.6 Å². The van der Waals surface area contributed by atoms with Crippen LogP contribution in [0, 0.1) is 28.0 Å². The molecule has 11 heteroatoms. The highest BCUT2D eigenvalue weighted by atomic mass is 35.5. The Kier molecular flexibility index (Phi) is 9.79. The summed E-state index contributed by atoms with van der Waals surface area (Å²) in [5, 5.41) is 24.9. The summed E-state index contributed by atoms with van der Waals surface area (Å²) in [5.74, 6) is -1.00. The minimum Gasteiger partial charge on any atom is -0.425 e. The third kappa shape index (κ3) is 7.15. The number of likely N-dealkylation sites (tertiary alicyclic amines) is 1. The number of allylic oxidation sites excluding steroid dienone is 1. The lowest BCUT2D eigenvalue weighted by molar-refractivity contribution is 0.187. The number of piperidine rings is 1. The minimum atomic E-state index is -0.525. The molecule has 1 saturated heterocycles. The van der Waals surface area contributed by atoms with Gasteiger partial charge in [-0.25, -0.2) is 4.39 Å². The van der Waals surface area contributed by atoms with E-state index in [2.05, 4.69) is 9.89 Å². The van der Waals surface area contributed by atoms with E-state index >= 15 is 0 Å². The number of anilines is 1. The zero-order valence-corrected chi connectivity index (χ0v) is 22.0. The van der Waals surface area contributed by atoms with Crippen LogP contribution in [0.25, 0.3) is 5.70 Å². The third-order valence-electron chi connectivity index (χ3n) is 6.06. The number of halogens is 3. The number of ether oxygens (including phenoxy) is 1. The second-order valence-electron chi connectivity index (χ2n) is 8.67. The van der Waals surface area contributed by atoms with Crippen molar-refractivity contribution in [2.45, 2.75) is 26.3 Å². The number of nitrogens with two attached hydrogens (primary N) is 2. The van der Waals surface area contributed by atoms with E-state index < -0.39 is 5.82 Å². The lowest BCUT2D eigenvalue weighted by atomic mass is 9.97. The average molecular weight is 546 g/mol. The number of nitrogens with one attached hydrogen (secondary N) is 3. The Labute approximate surface area is 225 Å². The molecule has 3 rings (SSSR count). The summed E-state index contributed by atoms with van der Waals surface area (Å²) in [6.07, 6.45) is 4.15. The van der Waals surface area contributed by atoms with Crippen molar-refractivity contribution in [3.63, 3.8) is 0 Å². The van der Waals surface area contributed by atoms with Gasteiger partial charge in [0.2, 0.25) is 5.90 Å². The largest absolute Gasteiger partial charge is 0.425 e. The molecule has 0 bridgehead atoms. The number of nitrogen functional groups attached to an aromatic ring is 1. The van der Waals surface area contributed by atoms with Crippen LogP contribution in [0.2, 0.25) is 10.0 Å². The molecule has 0 radical (unpaired) electrons. The van der Waals surface area contributed by atoms with Gasteiger partial charge in [-0.2, -0.15) is 0 Å². The van der Waals surface area contributed by atoms with Crippen LogP contribution in [-0.2, 0) is 11.3 Å². The molecule has 0 spiro atoms. The zero-order chi connectivity index (χ0) is 27.1. The molecule has 37 heavy (non-hydrogen) atoms. The predicted octanol–water partition coefficient (Wildman–Crippen LogP) is 5.36. The number of nitrogens with zero attached hydrogens (tertiary/aromatic N) is 2. The van der Waals surface area contributed by atoms with Crippen LogP contribution in [0.15, 0.2) is 40.9 Å². The highest BCUT2D eigenvalue weighted by Gasteiger charge is 2.26.